The highest BCUT2D eigenvalue weighted by molar-refractivity contribution is 5.96. The Morgan fingerprint density at radius 2 is 1.77 bits per heavy atom. The molecule has 0 saturated carbocycles. The monoisotopic (exact) mass is 406 g/mol. The second-order valence-corrected chi connectivity index (χ2v) is 8.14. The molecule has 1 atom stereocenters. The lowest BCUT2D eigenvalue weighted by Crippen LogP contribution is -2.40. The van der Waals surface area contributed by atoms with Gasteiger partial charge in [-0.25, -0.2) is 4.79 Å². The van der Waals surface area contributed by atoms with Gasteiger partial charge in [0.25, 0.3) is 0 Å². The number of carbonyl (C=O) groups is 2. The van der Waals surface area contributed by atoms with Gasteiger partial charge in [-0.05, 0) is 62.0 Å². The number of hydrogen-bond acceptors (Lipinski definition) is 3. The Labute approximate surface area is 175 Å². The van der Waals surface area contributed by atoms with E-state index < -0.39 is 18.0 Å². The SMILES string of the molecule is Cn1cc(C(C(=O)O)N2CCC(Cc3ccccc3)CC2)c2cc(C(=O)O)ccc21. The molecule has 6 heteroatoms. The topological polar surface area (TPSA) is 82.8 Å². The number of aliphatic carboxylic acids is 1. The number of rotatable bonds is 6. The van der Waals surface area contributed by atoms with Crippen molar-refractivity contribution in [1.82, 2.24) is 9.47 Å². The Balaban J connectivity index is 1.57. The van der Waals surface area contributed by atoms with Crippen LogP contribution in [0.4, 0.5) is 0 Å². The van der Waals surface area contributed by atoms with Crippen molar-refractivity contribution in [3.63, 3.8) is 0 Å². The molecule has 1 unspecified atom stereocenters. The quantitative estimate of drug-likeness (QED) is 0.648. The van der Waals surface area contributed by atoms with Crippen molar-refractivity contribution in [3.05, 3.63) is 71.4 Å². The van der Waals surface area contributed by atoms with Crippen molar-refractivity contribution in [2.45, 2.75) is 25.3 Å². The molecule has 2 aromatic carbocycles. The Kier molecular flexibility index (Phi) is 5.59. The van der Waals surface area contributed by atoms with Crippen molar-refractivity contribution < 1.29 is 19.8 Å². The van der Waals surface area contributed by atoms with E-state index in [2.05, 4.69) is 24.3 Å². The number of aromatic nitrogens is 1. The van der Waals surface area contributed by atoms with Gasteiger partial charge in [0, 0.05) is 29.7 Å². The third-order valence-electron chi connectivity index (χ3n) is 6.18. The molecule has 3 aromatic rings. The molecule has 1 saturated heterocycles. The molecular formula is C24H26N2O4. The fraction of sp³-hybridized carbons (Fsp3) is 0.333. The Bertz CT molecular complexity index is 1070. The Morgan fingerprint density at radius 3 is 2.40 bits per heavy atom. The Hall–Kier alpha value is -3.12. The van der Waals surface area contributed by atoms with Crippen molar-refractivity contribution >= 4 is 22.8 Å². The van der Waals surface area contributed by atoms with Gasteiger partial charge >= 0.3 is 11.9 Å². The first-order valence-corrected chi connectivity index (χ1v) is 10.3. The minimum Gasteiger partial charge on any atom is -0.480 e. The minimum absolute atomic E-state index is 0.167. The summed E-state index contributed by atoms with van der Waals surface area (Å²) in [6.07, 6.45) is 4.74. The second-order valence-electron chi connectivity index (χ2n) is 8.14. The van der Waals surface area contributed by atoms with E-state index >= 15 is 0 Å². The van der Waals surface area contributed by atoms with Crippen LogP contribution in [-0.4, -0.2) is 44.7 Å². The molecule has 30 heavy (non-hydrogen) atoms. The van der Waals surface area contributed by atoms with E-state index in [9.17, 15) is 19.8 Å². The molecule has 2 heterocycles. The number of nitrogens with zero attached hydrogens (tertiary/aromatic N) is 2. The molecule has 0 radical (unpaired) electrons. The summed E-state index contributed by atoms with van der Waals surface area (Å²) in [6, 6.07) is 14.5. The summed E-state index contributed by atoms with van der Waals surface area (Å²) >= 11 is 0. The van der Waals surface area contributed by atoms with Crippen LogP contribution in [-0.2, 0) is 18.3 Å². The molecule has 1 aliphatic heterocycles. The van der Waals surface area contributed by atoms with Crippen LogP contribution >= 0.6 is 0 Å². The van der Waals surface area contributed by atoms with Gasteiger partial charge in [-0.2, -0.15) is 0 Å². The third kappa shape index (κ3) is 3.96. The lowest BCUT2D eigenvalue weighted by atomic mass is 9.89. The molecular weight excluding hydrogens is 380 g/mol. The van der Waals surface area contributed by atoms with E-state index in [1.165, 1.54) is 5.56 Å². The van der Waals surface area contributed by atoms with Crippen LogP contribution < -0.4 is 0 Å². The van der Waals surface area contributed by atoms with E-state index in [4.69, 9.17) is 0 Å². The molecule has 4 rings (SSSR count). The number of hydrogen-bond donors (Lipinski definition) is 2. The van der Waals surface area contributed by atoms with Crippen molar-refractivity contribution in [1.29, 1.82) is 0 Å². The van der Waals surface area contributed by atoms with Gasteiger partial charge in [0.1, 0.15) is 6.04 Å². The summed E-state index contributed by atoms with van der Waals surface area (Å²) in [5.74, 6) is -1.37. The maximum Gasteiger partial charge on any atom is 0.335 e. The molecule has 1 aliphatic rings. The number of aryl methyl sites for hydroxylation is 1. The first-order valence-electron chi connectivity index (χ1n) is 10.3. The second kappa shape index (κ2) is 8.32. The average molecular weight is 406 g/mol. The van der Waals surface area contributed by atoms with Crippen LogP contribution in [0, 0.1) is 5.92 Å². The van der Waals surface area contributed by atoms with Crippen LogP contribution in [0.3, 0.4) is 0 Å². The van der Waals surface area contributed by atoms with Crippen molar-refractivity contribution in [2.75, 3.05) is 13.1 Å². The first-order chi connectivity index (χ1) is 14.4. The third-order valence-corrected chi connectivity index (χ3v) is 6.18. The minimum atomic E-state index is -1.01. The molecule has 6 nitrogen and oxygen atoms in total. The normalized spacial score (nSPS) is 16.6. The lowest BCUT2D eigenvalue weighted by Gasteiger charge is -2.35. The zero-order valence-corrected chi connectivity index (χ0v) is 17.0. The molecule has 1 fully saturated rings. The Morgan fingerprint density at radius 1 is 1.07 bits per heavy atom. The van der Waals surface area contributed by atoms with Gasteiger partial charge in [-0.3, -0.25) is 9.69 Å². The lowest BCUT2D eigenvalue weighted by molar-refractivity contribution is -0.144. The fourth-order valence-corrected chi connectivity index (χ4v) is 4.62. The summed E-state index contributed by atoms with van der Waals surface area (Å²) in [5.41, 5.74) is 2.98. The first kappa shape index (κ1) is 20.2. The summed E-state index contributed by atoms with van der Waals surface area (Å²) < 4.78 is 1.87. The van der Waals surface area contributed by atoms with Crippen LogP contribution in [0.1, 0.15) is 40.4 Å². The van der Waals surface area contributed by atoms with Gasteiger partial charge in [-0.15, -0.1) is 0 Å². The van der Waals surface area contributed by atoms with E-state index in [-0.39, 0.29) is 5.56 Å². The molecule has 0 bridgehead atoms. The number of piperidine rings is 1. The molecule has 0 aliphatic carbocycles. The maximum absolute atomic E-state index is 12.3. The van der Waals surface area contributed by atoms with E-state index in [1.54, 1.807) is 18.2 Å². The van der Waals surface area contributed by atoms with E-state index in [0.717, 1.165) is 24.8 Å². The largest absolute Gasteiger partial charge is 0.480 e. The van der Waals surface area contributed by atoms with Crippen molar-refractivity contribution in [2.24, 2.45) is 13.0 Å². The number of likely N-dealkylation sites (tertiary alicyclic amines) is 1. The summed E-state index contributed by atoms with van der Waals surface area (Å²) in [6.45, 7) is 1.42. The number of carboxylic acids is 2. The predicted molar refractivity (Wildman–Crippen MR) is 115 cm³/mol. The van der Waals surface area contributed by atoms with Crippen LogP contribution in [0.5, 0.6) is 0 Å². The molecule has 156 valence electrons. The molecule has 1 aromatic heterocycles. The number of aromatic carboxylic acids is 1. The summed E-state index contributed by atoms with van der Waals surface area (Å²) in [4.78, 5) is 25.7. The highest BCUT2D eigenvalue weighted by Crippen LogP contribution is 2.34. The van der Waals surface area contributed by atoms with Crippen LogP contribution in [0.15, 0.2) is 54.7 Å². The van der Waals surface area contributed by atoms with E-state index in [1.807, 2.05) is 28.8 Å². The van der Waals surface area contributed by atoms with Gasteiger partial charge in [-0.1, -0.05) is 30.3 Å². The molecule has 0 amide bonds. The van der Waals surface area contributed by atoms with Crippen molar-refractivity contribution in [3.8, 4) is 0 Å². The van der Waals surface area contributed by atoms with Gasteiger partial charge < -0.3 is 14.8 Å². The van der Waals surface area contributed by atoms with Crippen LogP contribution in [0.2, 0.25) is 0 Å². The van der Waals surface area contributed by atoms with Gasteiger partial charge in [0.15, 0.2) is 0 Å². The number of benzene rings is 2. The van der Waals surface area contributed by atoms with E-state index in [0.29, 0.717) is 30.0 Å². The average Bonchev–Trinajstić information content (AvgIpc) is 3.05. The zero-order chi connectivity index (χ0) is 21.3. The van der Waals surface area contributed by atoms with Gasteiger partial charge in [0.05, 0.1) is 5.56 Å². The molecule has 0 spiro atoms. The predicted octanol–water partition coefficient (Wildman–Crippen LogP) is 3.96. The summed E-state index contributed by atoms with van der Waals surface area (Å²) in [5, 5.41) is 20.1. The highest BCUT2D eigenvalue weighted by Gasteiger charge is 2.33. The maximum atomic E-state index is 12.3. The highest BCUT2D eigenvalue weighted by atomic mass is 16.4. The molecule has 2 N–H and O–H groups in total. The standard InChI is InChI=1S/C24H26N2O4/c1-25-15-20(19-14-18(23(27)28)7-8-21(19)25)22(24(29)30)26-11-9-17(10-12-26)13-16-5-3-2-4-6-16/h2-8,14-15,17,22H,9-13H2,1H3,(H,27,28)(H,29,30). The smallest absolute Gasteiger partial charge is 0.335 e. The summed E-state index contributed by atoms with van der Waals surface area (Å²) in [7, 11) is 1.86. The van der Waals surface area contributed by atoms with Gasteiger partial charge in [0.2, 0.25) is 0 Å². The zero-order valence-electron chi connectivity index (χ0n) is 17.0. The number of carboxylic acid groups (broad SMARTS) is 2. The van der Waals surface area contributed by atoms with Crippen LogP contribution in [0.25, 0.3) is 10.9 Å². The fourth-order valence-electron chi connectivity index (χ4n) is 4.62. The number of fused-ring (bicyclic) bond motifs is 1.